The first-order valence-corrected chi connectivity index (χ1v) is 5.75. The summed E-state index contributed by atoms with van der Waals surface area (Å²) in [6.07, 6.45) is 0. The van der Waals surface area contributed by atoms with Crippen LogP contribution in [-0.2, 0) is 0 Å². The van der Waals surface area contributed by atoms with Crippen molar-refractivity contribution in [3.8, 4) is 5.75 Å². The predicted molar refractivity (Wildman–Crippen MR) is 66.4 cm³/mol. The minimum atomic E-state index is -0.154. The third-order valence-electron chi connectivity index (χ3n) is 2.54. The molecule has 0 radical (unpaired) electrons. The summed E-state index contributed by atoms with van der Waals surface area (Å²) in [5.41, 5.74) is 0.785. The zero-order chi connectivity index (χ0) is 13.2. The summed E-state index contributed by atoms with van der Waals surface area (Å²) >= 11 is 0. The molecule has 0 aliphatic heterocycles. The van der Waals surface area contributed by atoms with Gasteiger partial charge in [0.1, 0.15) is 5.75 Å². The van der Waals surface area contributed by atoms with Gasteiger partial charge in [-0.2, -0.15) is 0 Å². The Labute approximate surface area is 101 Å². The molecule has 1 aromatic carbocycles. The Balaban J connectivity index is 3.20. The largest absolute Gasteiger partial charge is 0.508 e. The highest BCUT2D eigenvalue weighted by atomic mass is 16.3. The SMILES string of the molecule is CC(C)C(=O)c1cc(O)cc(C(=O)C(C)C)c1. The van der Waals surface area contributed by atoms with Gasteiger partial charge in [-0.3, -0.25) is 9.59 Å². The van der Waals surface area contributed by atoms with Crippen LogP contribution in [0.1, 0.15) is 48.4 Å². The van der Waals surface area contributed by atoms with Crippen molar-refractivity contribution < 1.29 is 14.7 Å². The Morgan fingerprint density at radius 2 is 1.24 bits per heavy atom. The topological polar surface area (TPSA) is 54.4 Å². The van der Waals surface area contributed by atoms with Crippen LogP contribution in [0, 0.1) is 11.8 Å². The van der Waals surface area contributed by atoms with Gasteiger partial charge in [0.25, 0.3) is 0 Å². The Hall–Kier alpha value is -1.64. The highest BCUT2D eigenvalue weighted by Gasteiger charge is 2.16. The van der Waals surface area contributed by atoms with Gasteiger partial charge in [0, 0.05) is 23.0 Å². The van der Waals surface area contributed by atoms with Crippen LogP contribution in [0.4, 0.5) is 0 Å². The highest BCUT2D eigenvalue weighted by Crippen LogP contribution is 2.20. The molecule has 3 heteroatoms. The second kappa shape index (κ2) is 5.13. The Kier molecular flexibility index (Phi) is 4.05. The van der Waals surface area contributed by atoms with E-state index in [1.807, 2.05) is 0 Å². The predicted octanol–water partition coefficient (Wildman–Crippen LogP) is 3.07. The molecule has 0 saturated carbocycles. The van der Waals surface area contributed by atoms with Crippen molar-refractivity contribution in [2.75, 3.05) is 0 Å². The quantitative estimate of drug-likeness (QED) is 0.814. The van der Waals surface area contributed by atoms with E-state index in [0.717, 1.165) is 0 Å². The average Bonchev–Trinajstić information content (AvgIpc) is 2.25. The molecule has 0 unspecified atom stereocenters. The molecule has 0 heterocycles. The van der Waals surface area contributed by atoms with Crippen molar-refractivity contribution in [1.29, 1.82) is 0 Å². The van der Waals surface area contributed by atoms with Crippen LogP contribution in [0.2, 0.25) is 0 Å². The van der Waals surface area contributed by atoms with E-state index in [-0.39, 0.29) is 29.2 Å². The number of hydrogen-bond acceptors (Lipinski definition) is 3. The second-order valence-electron chi connectivity index (χ2n) is 4.81. The molecule has 1 aromatic rings. The van der Waals surface area contributed by atoms with Crippen LogP contribution >= 0.6 is 0 Å². The highest BCUT2D eigenvalue weighted by molar-refractivity contribution is 6.03. The van der Waals surface area contributed by atoms with Gasteiger partial charge in [-0.05, 0) is 18.2 Å². The summed E-state index contributed by atoms with van der Waals surface area (Å²) in [6.45, 7) is 7.15. The third kappa shape index (κ3) is 3.16. The van der Waals surface area contributed by atoms with Crippen LogP contribution in [0.15, 0.2) is 18.2 Å². The molecule has 0 saturated heterocycles. The molecule has 1 rings (SSSR count). The molecule has 0 aliphatic carbocycles. The van der Waals surface area contributed by atoms with Crippen LogP contribution in [0.5, 0.6) is 5.75 Å². The lowest BCUT2D eigenvalue weighted by Gasteiger charge is -2.09. The fourth-order valence-electron chi connectivity index (χ4n) is 1.56. The standard InChI is InChI=1S/C14H18O3/c1-8(2)13(16)10-5-11(7-12(15)6-10)14(17)9(3)4/h5-9,15H,1-4H3. The van der Waals surface area contributed by atoms with E-state index in [9.17, 15) is 14.7 Å². The Morgan fingerprint density at radius 1 is 0.882 bits per heavy atom. The van der Waals surface area contributed by atoms with Gasteiger partial charge < -0.3 is 5.11 Å². The molecule has 0 aliphatic rings. The van der Waals surface area contributed by atoms with Crippen LogP contribution in [-0.4, -0.2) is 16.7 Å². The number of carbonyl (C=O) groups excluding carboxylic acids is 2. The summed E-state index contributed by atoms with van der Waals surface area (Å²) in [7, 11) is 0. The fourth-order valence-corrected chi connectivity index (χ4v) is 1.56. The number of benzene rings is 1. The first-order valence-electron chi connectivity index (χ1n) is 5.75. The number of ketones is 2. The summed E-state index contributed by atoms with van der Waals surface area (Å²) in [4.78, 5) is 23.6. The van der Waals surface area contributed by atoms with Gasteiger partial charge in [-0.15, -0.1) is 0 Å². The second-order valence-corrected chi connectivity index (χ2v) is 4.81. The van der Waals surface area contributed by atoms with E-state index in [0.29, 0.717) is 11.1 Å². The first-order chi connectivity index (χ1) is 7.82. The average molecular weight is 234 g/mol. The molecule has 0 spiro atoms. The lowest BCUT2D eigenvalue weighted by Crippen LogP contribution is -2.11. The molecule has 1 N–H and O–H groups in total. The molecule has 0 atom stereocenters. The maximum Gasteiger partial charge on any atom is 0.165 e. The van der Waals surface area contributed by atoms with Gasteiger partial charge in [0.2, 0.25) is 0 Å². The number of rotatable bonds is 4. The first kappa shape index (κ1) is 13.4. The molecule has 0 amide bonds. The van der Waals surface area contributed by atoms with E-state index in [1.54, 1.807) is 33.8 Å². The van der Waals surface area contributed by atoms with Gasteiger partial charge in [-0.1, -0.05) is 27.7 Å². The molecule has 0 fully saturated rings. The van der Waals surface area contributed by atoms with Gasteiger partial charge >= 0.3 is 0 Å². The Bertz CT molecular complexity index is 407. The van der Waals surface area contributed by atoms with Crippen molar-refractivity contribution >= 4 is 11.6 Å². The number of aromatic hydroxyl groups is 1. The van der Waals surface area contributed by atoms with E-state index in [2.05, 4.69) is 0 Å². The summed E-state index contributed by atoms with van der Waals surface area (Å²) in [5.74, 6) is -0.490. The Morgan fingerprint density at radius 3 is 1.53 bits per heavy atom. The molecule has 3 nitrogen and oxygen atoms in total. The molecular weight excluding hydrogens is 216 g/mol. The number of carbonyl (C=O) groups is 2. The zero-order valence-corrected chi connectivity index (χ0v) is 10.7. The van der Waals surface area contributed by atoms with Gasteiger partial charge in [-0.25, -0.2) is 0 Å². The van der Waals surface area contributed by atoms with Crippen LogP contribution < -0.4 is 0 Å². The lowest BCUT2D eigenvalue weighted by molar-refractivity contribution is 0.0938. The van der Waals surface area contributed by atoms with E-state index < -0.39 is 0 Å². The minimum absolute atomic E-state index is 0.0412. The number of phenols is 1. The van der Waals surface area contributed by atoms with Crippen molar-refractivity contribution in [3.63, 3.8) is 0 Å². The molecule has 17 heavy (non-hydrogen) atoms. The van der Waals surface area contributed by atoms with E-state index in [4.69, 9.17) is 0 Å². The van der Waals surface area contributed by atoms with Crippen LogP contribution in [0.25, 0.3) is 0 Å². The number of hydrogen-bond donors (Lipinski definition) is 1. The number of phenolic OH excluding ortho intramolecular Hbond substituents is 1. The molecule has 0 aromatic heterocycles. The van der Waals surface area contributed by atoms with Crippen molar-refractivity contribution in [1.82, 2.24) is 0 Å². The number of Topliss-reactive ketones (excluding diaryl/α,β-unsaturated/α-hetero) is 2. The van der Waals surface area contributed by atoms with Gasteiger partial charge in [0.05, 0.1) is 0 Å². The normalized spacial score (nSPS) is 10.9. The lowest BCUT2D eigenvalue weighted by atomic mass is 9.95. The minimum Gasteiger partial charge on any atom is -0.508 e. The maximum atomic E-state index is 11.8. The monoisotopic (exact) mass is 234 g/mol. The van der Waals surface area contributed by atoms with Crippen LogP contribution in [0.3, 0.4) is 0 Å². The zero-order valence-electron chi connectivity index (χ0n) is 10.7. The molecule has 0 bridgehead atoms. The van der Waals surface area contributed by atoms with E-state index >= 15 is 0 Å². The fraction of sp³-hybridized carbons (Fsp3) is 0.429. The van der Waals surface area contributed by atoms with Crippen molar-refractivity contribution in [2.45, 2.75) is 27.7 Å². The van der Waals surface area contributed by atoms with Crippen molar-refractivity contribution in [2.24, 2.45) is 11.8 Å². The van der Waals surface area contributed by atoms with E-state index in [1.165, 1.54) is 12.1 Å². The summed E-state index contributed by atoms with van der Waals surface area (Å²) in [5, 5.41) is 9.55. The molecule has 92 valence electrons. The maximum absolute atomic E-state index is 11.8. The third-order valence-corrected chi connectivity index (χ3v) is 2.54. The van der Waals surface area contributed by atoms with Gasteiger partial charge in [0.15, 0.2) is 11.6 Å². The van der Waals surface area contributed by atoms with Crippen molar-refractivity contribution in [3.05, 3.63) is 29.3 Å². The summed E-state index contributed by atoms with van der Waals surface area (Å²) in [6, 6.07) is 4.36. The molecular formula is C14H18O3. The summed E-state index contributed by atoms with van der Waals surface area (Å²) < 4.78 is 0. The smallest absolute Gasteiger partial charge is 0.165 e.